The van der Waals surface area contributed by atoms with Gasteiger partial charge in [-0.25, -0.2) is 0 Å². The molecule has 0 heterocycles. The zero-order valence-electron chi connectivity index (χ0n) is 11.3. The predicted octanol–water partition coefficient (Wildman–Crippen LogP) is 5.06. The summed E-state index contributed by atoms with van der Waals surface area (Å²) in [4.78, 5) is 0. The van der Waals surface area contributed by atoms with Crippen LogP contribution in [0, 0.1) is 3.57 Å². The molecule has 5 heteroatoms. The zero-order valence-corrected chi connectivity index (χ0v) is 14.2. The highest BCUT2D eigenvalue weighted by atomic mass is 127. The molecule has 0 aliphatic carbocycles. The van der Waals surface area contributed by atoms with Crippen molar-refractivity contribution in [3.63, 3.8) is 0 Å². The minimum atomic E-state index is 0.0863. The zero-order chi connectivity index (χ0) is 14.7. The molecule has 0 aromatic heterocycles. The third-order valence-electron chi connectivity index (χ3n) is 2.63. The number of benzene rings is 2. The maximum Gasteiger partial charge on any atom is 0.144 e. The first kappa shape index (κ1) is 15.3. The number of hydrogen-bond acceptors (Lipinski definition) is 3. The topological polar surface area (TPSA) is 47.3 Å². The van der Waals surface area contributed by atoms with Crippen LogP contribution >= 0.6 is 34.2 Å². The van der Waals surface area contributed by atoms with Crippen molar-refractivity contribution in [2.45, 2.75) is 20.0 Å². The van der Waals surface area contributed by atoms with Gasteiger partial charge in [0.25, 0.3) is 0 Å². The maximum absolute atomic E-state index is 6.14. The first-order valence-electron chi connectivity index (χ1n) is 6.24. The largest absolute Gasteiger partial charge is 0.489 e. The standard InChI is InChI=1S/C15H16ClIN2O/c1-9(2)20-14-5-3-4-13(15(14)18)19-12-7-6-10(16)8-11(12)17/h3-9,19H,18H2,1-2H3. The third kappa shape index (κ3) is 3.70. The molecule has 20 heavy (non-hydrogen) atoms. The van der Waals surface area contributed by atoms with Crippen molar-refractivity contribution in [3.8, 4) is 5.75 Å². The van der Waals surface area contributed by atoms with Gasteiger partial charge in [-0.2, -0.15) is 0 Å². The quantitative estimate of drug-likeness (QED) is 0.555. The molecular formula is C15H16ClIN2O. The summed E-state index contributed by atoms with van der Waals surface area (Å²) in [5, 5.41) is 4.02. The molecule has 0 atom stereocenters. The van der Waals surface area contributed by atoms with Crippen LogP contribution in [0.5, 0.6) is 5.75 Å². The van der Waals surface area contributed by atoms with Gasteiger partial charge in [0, 0.05) is 8.59 Å². The Kier molecular flexibility index (Phi) is 4.99. The predicted molar refractivity (Wildman–Crippen MR) is 94.1 cm³/mol. The van der Waals surface area contributed by atoms with Crippen molar-refractivity contribution in [2.75, 3.05) is 11.1 Å². The minimum Gasteiger partial charge on any atom is -0.489 e. The highest BCUT2D eigenvalue weighted by Crippen LogP contribution is 2.33. The number of nitrogens with two attached hydrogens (primary N) is 1. The highest BCUT2D eigenvalue weighted by Gasteiger charge is 2.09. The first-order chi connectivity index (χ1) is 9.47. The van der Waals surface area contributed by atoms with Crippen molar-refractivity contribution in [2.24, 2.45) is 0 Å². The molecule has 0 radical (unpaired) electrons. The van der Waals surface area contributed by atoms with Gasteiger partial charge >= 0.3 is 0 Å². The van der Waals surface area contributed by atoms with Gasteiger partial charge in [0.2, 0.25) is 0 Å². The highest BCUT2D eigenvalue weighted by molar-refractivity contribution is 14.1. The smallest absolute Gasteiger partial charge is 0.144 e. The molecule has 0 unspecified atom stereocenters. The summed E-state index contributed by atoms with van der Waals surface area (Å²) >= 11 is 8.19. The van der Waals surface area contributed by atoms with E-state index in [1.54, 1.807) is 0 Å². The molecule has 0 amide bonds. The van der Waals surface area contributed by atoms with Crippen molar-refractivity contribution in [1.29, 1.82) is 0 Å². The summed E-state index contributed by atoms with van der Waals surface area (Å²) in [7, 11) is 0. The van der Waals surface area contributed by atoms with Crippen molar-refractivity contribution in [1.82, 2.24) is 0 Å². The Morgan fingerprint density at radius 1 is 1.20 bits per heavy atom. The molecule has 0 aliphatic rings. The van der Waals surface area contributed by atoms with Crippen LogP contribution in [-0.2, 0) is 0 Å². The Hall–Kier alpha value is -1.14. The molecule has 0 aliphatic heterocycles. The number of hydrogen-bond donors (Lipinski definition) is 2. The number of rotatable bonds is 4. The number of para-hydroxylation sites is 1. The normalized spacial score (nSPS) is 10.7. The van der Waals surface area contributed by atoms with Gasteiger partial charge in [-0.15, -0.1) is 0 Å². The summed E-state index contributed by atoms with van der Waals surface area (Å²) in [6.07, 6.45) is 0.0863. The van der Waals surface area contributed by atoms with E-state index in [0.29, 0.717) is 16.5 Å². The Morgan fingerprint density at radius 3 is 2.60 bits per heavy atom. The van der Waals surface area contributed by atoms with E-state index in [1.807, 2.05) is 50.2 Å². The summed E-state index contributed by atoms with van der Waals surface area (Å²) in [5.41, 5.74) is 8.53. The van der Waals surface area contributed by atoms with Gasteiger partial charge in [0.15, 0.2) is 0 Å². The fraction of sp³-hybridized carbons (Fsp3) is 0.200. The average molecular weight is 403 g/mol. The molecule has 0 fully saturated rings. The van der Waals surface area contributed by atoms with Gasteiger partial charge in [-0.1, -0.05) is 17.7 Å². The Balaban J connectivity index is 2.29. The molecule has 106 valence electrons. The number of nitrogens with one attached hydrogen (secondary N) is 1. The second-order valence-corrected chi connectivity index (χ2v) is 6.23. The van der Waals surface area contributed by atoms with Gasteiger partial charge in [-0.05, 0) is 66.8 Å². The van der Waals surface area contributed by atoms with Crippen molar-refractivity contribution in [3.05, 3.63) is 45.0 Å². The van der Waals surface area contributed by atoms with Gasteiger partial charge in [0.05, 0.1) is 23.2 Å². The van der Waals surface area contributed by atoms with E-state index < -0.39 is 0 Å². The third-order valence-corrected chi connectivity index (χ3v) is 3.76. The van der Waals surface area contributed by atoms with E-state index >= 15 is 0 Å². The molecule has 3 N–H and O–H groups in total. The summed E-state index contributed by atoms with van der Waals surface area (Å²) in [5.74, 6) is 0.689. The summed E-state index contributed by atoms with van der Waals surface area (Å²) in [6, 6.07) is 11.4. The van der Waals surface area contributed by atoms with Crippen LogP contribution in [0.3, 0.4) is 0 Å². The Bertz CT molecular complexity index is 617. The van der Waals surface area contributed by atoms with E-state index in [-0.39, 0.29) is 6.10 Å². The summed E-state index contributed by atoms with van der Waals surface area (Å²) < 4.78 is 6.72. The summed E-state index contributed by atoms with van der Waals surface area (Å²) in [6.45, 7) is 3.95. The monoisotopic (exact) mass is 402 g/mol. The van der Waals surface area contributed by atoms with Crippen molar-refractivity contribution < 1.29 is 4.74 Å². The fourth-order valence-corrected chi connectivity index (χ4v) is 2.75. The fourth-order valence-electron chi connectivity index (χ4n) is 1.75. The van der Waals surface area contributed by atoms with Gasteiger partial charge < -0.3 is 15.8 Å². The van der Waals surface area contributed by atoms with E-state index in [2.05, 4.69) is 27.9 Å². The van der Waals surface area contributed by atoms with Gasteiger partial charge in [0.1, 0.15) is 5.75 Å². The van der Waals surface area contributed by atoms with Crippen LogP contribution in [0.1, 0.15) is 13.8 Å². The molecule has 0 spiro atoms. The van der Waals surface area contributed by atoms with Crippen LogP contribution in [0.25, 0.3) is 0 Å². The van der Waals surface area contributed by atoms with Crippen LogP contribution in [-0.4, -0.2) is 6.10 Å². The molecule has 2 aromatic carbocycles. The first-order valence-corrected chi connectivity index (χ1v) is 7.70. The molecule has 0 saturated heterocycles. The van der Waals surface area contributed by atoms with E-state index in [4.69, 9.17) is 22.1 Å². The lowest BCUT2D eigenvalue weighted by Crippen LogP contribution is -2.08. The lowest BCUT2D eigenvalue weighted by molar-refractivity contribution is 0.244. The SMILES string of the molecule is CC(C)Oc1cccc(Nc2ccc(Cl)cc2I)c1N. The molecular weight excluding hydrogens is 387 g/mol. The molecule has 2 aromatic rings. The molecule has 3 nitrogen and oxygen atoms in total. The lowest BCUT2D eigenvalue weighted by atomic mass is 10.2. The number of anilines is 3. The van der Waals surface area contributed by atoms with Gasteiger partial charge in [-0.3, -0.25) is 0 Å². The van der Waals surface area contributed by atoms with E-state index in [1.165, 1.54) is 0 Å². The number of halogens is 2. The maximum atomic E-state index is 6.14. The minimum absolute atomic E-state index is 0.0863. The second-order valence-electron chi connectivity index (χ2n) is 4.63. The second kappa shape index (κ2) is 6.54. The Labute approximate surface area is 137 Å². The number of nitrogen functional groups attached to an aromatic ring is 1. The Morgan fingerprint density at radius 2 is 1.95 bits per heavy atom. The van der Waals surface area contributed by atoms with E-state index in [9.17, 15) is 0 Å². The molecule has 0 bridgehead atoms. The average Bonchev–Trinajstić information content (AvgIpc) is 2.36. The van der Waals surface area contributed by atoms with Crippen LogP contribution in [0.15, 0.2) is 36.4 Å². The number of ether oxygens (including phenoxy) is 1. The molecule has 0 saturated carbocycles. The van der Waals surface area contributed by atoms with Crippen LogP contribution < -0.4 is 15.8 Å². The van der Waals surface area contributed by atoms with E-state index in [0.717, 1.165) is 14.9 Å². The van der Waals surface area contributed by atoms with Crippen molar-refractivity contribution >= 4 is 51.3 Å². The lowest BCUT2D eigenvalue weighted by Gasteiger charge is -2.16. The van der Waals surface area contributed by atoms with Crippen LogP contribution in [0.2, 0.25) is 5.02 Å². The van der Waals surface area contributed by atoms with Crippen LogP contribution in [0.4, 0.5) is 17.1 Å². The molecule has 2 rings (SSSR count).